The molecule has 0 aliphatic rings. The first-order valence-electron chi connectivity index (χ1n) is 5.80. The smallest absolute Gasteiger partial charge is 0.387 e. The molecular formula is C14H12F2N2O2. The molecule has 0 atom stereocenters. The molecule has 1 heterocycles. The molecule has 0 fully saturated rings. The largest absolute Gasteiger partial charge is 0.435 e. The van der Waals surface area contributed by atoms with Gasteiger partial charge in [-0.05, 0) is 24.3 Å². The fraction of sp³-hybridized carbons (Fsp3) is 0.143. The molecule has 2 rings (SSSR count). The van der Waals surface area contributed by atoms with Crippen LogP contribution in [-0.2, 0) is 7.05 Å². The molecular weight excluding hydrogens is 266 g/mol. The van der Waals surface area contributed by atoms with Crippen LogP contribution in [0.25, 0.3) is 6.08 Å². The van der Waals surface area contributed by atoms with E-state index in [1.807, 2.05) is 0 Å². The summed E-state index contributed by atoms with van der Waals surface area (Å²) >= 11 is 0. The number of benzene rings is 1. The van der Waals surface area contributed by atoms with Crippen molar-refractivity contribution in [3.8, 4) is 5.75 Å². The van der Waals surface area contributed by atoms with Gasteiger partial charge in [-0.25, -0.2) is 0 Å². The van der Waals surface area contributed by atoms with Crippen LogP contribution in [0.1, 0.15) is 15.9 Å². The van der Waals surface area contributed by atoms with Crippen molar-refractivity contribution < 1.29 is 18.3 Å². The molecule has 0 unspecified atom stereocenters. The second kappa shape index (κ2) is 6.10. The molecule has 0 saturated carbocycles. The Morgan fingerprint density at radius 2 is 2.25 bits per heavy atom. The number of aryl methyl sites for hydroxylation is 1. The Morgan fingerprint density at radius 3 is 2.90 bits per heavy atom. The second-order valence-corrected chi connectivity index (χ2v) is 4.05. The van der Waals surface area contributed by atoms with Crippen molar-refractivity contribution in [2.24, 2.45) is 7.05 Å². The molecule has 0 radical (unpaired) electrons. The SMILES string of the molecule is Cn1cc(/C=C/C(=O)c2cccc(OC(F)F)c2)cn1. The molecule has 104 valence electrons. The molecule has 0 N–H and O–H groups in total. The quantitative estimate of drug-likeness (QED) is 0.624. The van der Waals surface area contributed by atoms with Crippen LogP contribution in [0.5, 0.6) is 5.75 Å². The lowest BCUT2D eigenvalue weighted by Gasteiger charge is -2.04. The van der Waals surface area contributed by atoms with Crippen molar-refractivity contribution in [2.75, 3.05) is 0 Å². The minimum absolute atomic E-state index is 0.0411. The highest BCUT2D eigenvalue weighted by Crippen LogP contribution is 2.16. The Morgan fingerprint density at radius 1 is 1.45 bits per heavy atom. The number of hydrogen-bond acceptors (Lipinski definition) is 3. The van der Waals surface area contributed by atoms with Gasteiger partial charge in [-0.3, -0.25) is 9.48 Å². The first kappa shape index (κ1) is 13.9. The zero-order valence-electron chi connectivity index (χ0n) is 10.7. The second-order valence-electron chi connectivity index (χ2n) is 4.05. The highest BCUT2D eigenvalue weighted by molar-refractivity contribution is 6.07. The molecule has 0 spiro atoms. The van der Waals surface area contributed by atoms with Gasteiger partial charge in [0.1, 0.15) is 5.75 Å². The van der Waals surface area contributed by atoms with Crippen LogP contribution in [0.3, 0.4) is 0 Å². The Balaban J connectivity index is 2.10. The number of halogens is 2. The van der Waals surface area contributed by atoms with E-state index in [0.717, 1.165) is 5.56 Å². The molecule has 4 nitrogen and oxygen atoms in total. The third-order valence-corrected chi connectivity index (χ3v) is 2.50. The number of alkyl halides is 2. The van der Waals surface area contributed by atoms with Gasteiger partial charge in [0.25, 0.3) is 0 Å². The number of nitrogens with zero attached hydrogens (tertiary/aromatic N) is 2. The number of ketones is 1. The Kier molecular flexibility index (Phi) is 4.24. The summed E-state index contributed by atoms with van der Waals surface area (Å²) in [4.78, 5) is 11.9. The Hall–Kier alpha value is -2.50. The maximum absolute atomic E-state index is 12.1. The number of aromatic nitrogens is 2. The summed E-state index contributed by atoms with van der Waals surface area (Å²) in [5, 5.41) is 3.96. The zero-order chi connectivity index (χ0) is 14.5. The van der Waals surface area contributed by atoms with Crippen LogP contribution in [0.2, 0.25) is 0 Å². The molecule has 0 amide bonds. The summed E-state index contributed by atoms with van der Waals surface area (Å²) in [6, 6.07) is 5.67. The maximum Gasteiger partial charge on any atom is 0.387 e. The Labute approximate surface area is 114 Å². The van der Waals surface area contributed by atoms with Gasteiger partial charge in [0.2, 0.25) is 0 Å². The molecule has 20 heavy (non-hydrogen) atoms. The lowest BCUT2D eigenvalue weighted by molar-refractivity contribution is -0.0498. The van der Waals surface area contributed by atoms with Crippen LogP contribution in [0.15, 0.2) is 42.7 Å². The van der Waals surface area contributed by atoms with Crippen molar-refractivity contribution in [2.45, 2.75) is 6.61 Å². The highest BCUT2D eigenvalue weighted by Gasteiger charge is 2.07. The van der Waals surface area contributed by atoms with E-state index in [2.05, 4.69) is 9.84 Å². The minimum Gasteiger partial charge on any atom is -0.435 e. The van der Waals surface area contributed by atoms with Crippen molar-refractivity contribution in [1.29, 1.82) is 0 Å². The standard InChI is InChI=1S/C14H12F2N2O2/c1-18-9-10(8-17-18)5-6-13(19)11-3-2-4-12(7-11)20-14(15)16/h2-9,14H,1H3/b6-5+. The normalized spacial score (nSPS) is 11.2. The number of allylic oxidation sites excluding steroid dienone is 1. The highest BCUT2D eigenvalue weighted by atomic mass is 19.3. The van der Waals surface area contributed by atoms with Crippen LogP contribution < -0.4 is 4.74 Å². The molecule has 0 bridgehead atoms. The summed E-state index contributed by atoms with van der Waals surface area (Å²) in [6.07, 6.45) is 6.33. The lowest BCUT2D eigenvalue weighted by Crippen LogP contribution is -2.03. The van der Waals surface area contributed by atoms with Crippen molar-refractivity contribution in [3.63, 3.8) is 0 Å². The average molecular weight is 278 g/mol. The third kappa shape index (κ3) is 3.74. The molecule has 0 aliphatic heterocycles. The summed E-state index contributed by atoms with van der Waals surface area (Å²) in [5.74, 6) is -0.339. The molecule has 1 aromatic heterocycles. The van der Waals surface area contributed by atoms with Gasteiger partial charge in [-0.15, -0.1) is 0 Å². The topological polar surface area (TPSA) is 44.1 Å². The predicted octanol–water partition coefficient (Wildman–Crippen LogP) is 2.92. The van der Waals surface area contributed by atoms with E-state index in [1.165, 1.54) is 30.3 Å². The van der Waals surface area contributed by atoms with Gasteiger partial charge in [0, 0.05) is 24.4 Å². The first-order chi connectivity index (χ1) is 9.54. The lowest BCUT2D eigenvalue weighted by atomic mass is 10.1. The number of rotatable bonds is 5. The van der Waals surface area contributed by atoms with Crippen LogP contribution in [0.4, 0.5) is 8.78 Å². The number of hydrogen-bond donors (Lipinski definition) is 0. The fourth-order valence-electron chi connectivity index (χ4n) is 1.62. The number of carbonyl (C=O) groups is 1. The maximum atomic E-state index is 12.1. The third-order valence-electron chi connectivity index (χ3n) is 2.50. The van der Waals surface area contributed by atoms with E-state index in [1.54, 1.807) is 30.2 Å². The molecule has 2 aromatic rings. The summed E-state index contributed by atoms with van der Waals surface area (Å²) in [5.41, 5.74) is 1.06. The molecule has 1 aromatic carbocycles. The number of ether oxygens (including phenoxy) is 1. The Bertz CT molecular complexity index is 636. The zero-order valence-corrected chi connectivity index (χ0v) is 10.7. The van der Waals surface area contributed by atoms with E-state index in [0.29, 0.717) is 0 Å². The van der Waals surface area contributed by atoms with E-state index in [-0.39, 0.29) is 17.1 Å². The average Bonchev–Trinajstić information content (AvgIpc) is 2.81. The van der Waals surface area contributed by atoms with Crippen molar-refractivity contribution >= 4 is 11.9 Å². The molecule has 6 heteroatoms. The van der Waals surface area contributed by atoms with Gasteiger partial charge < -0.3 is 4.74 Å². The van der Waals surface area contributed by atoms with E-state index in [9.17, 15) is 13.6 Å². The van der Waals surface area contributed by atoms with Gasteiger partial charge in [0.05, 0.1) is 6.20 Å². The van der Waals surface area contributed by atoms with Gasteiger partial charge in [0.15, 0.2) is 5.78 Å². The monoisotopic (exact) mass is 278 g/mol. The van der Waals surface area contributed by atoms with E-state index >= 15 is 0 Å². The first-order valence-corrected chi connectivity index (χ1v) is 5.80. The summed E-state index contributed by atoms with van der Waals surface area (Å²) in [6.45, 7) is -2.91. The molecule has 0 aliphatic carbocycles. The van der Waals surface area contributed by atoms with Crippen molar-refractivity contribution in [3.05, 3.63) is 53.9 Å². The van der Waals surface area contributed by atoms with E-state index in [4.69, 9.17) is 0 Å². The van der Waals surface area contributed by atoms with Crippen LogP contribution >= 0.6 is 0 Å². The fourth-order valence-corrected chi connectivity index (χ4v) is 1.62. The van der Waals surface area contributed by atoms with Crippen molar-refractivity contribution in [1.82, 2.24) is 9.78 Å². The predicted molar refractivity (Wildman–Crippen MR) is 69.6 cm³/mol. The summed E-state index contributed by atoms with van der Waals surface area (Å²) in [7, 11) is 1.77. The number of carbonyl (C=O) groups excluding carboxylic acids is 1. The summed E-state index contributed by atoms with van der Waals surface area (Å²) < 4.78 is 30.0. The molecule has 0 saturated heterocycles. The van der Waals surface area contributed by atoms with E-state index < -0.39 is 6.61 Å². The minimum atomic E-state index is -2.91. The van der Waals surface area contributed by atoms with Crippen LogP contribution in [0, 0.1) is 0 Å². The van der Waals surface area contributed by atoms with Gasteiger partial charge in [-0.2, -0.15) is 13.9 Å². The van der Waals surface area contributed by atoms with Gasteiger partial charge in [-0.1, -0.05) is 12.1 Å². The van der Waals surface area contributed by atoms with Crippen LogP contribution in [-0.4, -0.2) is 22.2 Å². The van der Waals surface area contributed by atoms with Gasteiger partial charge >= 0.3 is 6.61 Å².